The lowest BCUT2D eigenvalue weighted by atomic mass is 10.2. The molecule has 0 fully saturated rings. The fourth-order valence-electron chi connectivity index (χ4n) is 1.44. The van der Waals surface area contributed by atoms with Gasteiger partial charge in [0.25, 0.3) is 5.91 Å². The molecule has 0 bridgehead atoms. The summed E-state index contributed by atoms with van der Waals surface area (Å²) in [5, 5.41) is 3.83. The van der Waals surface area contributed by atoms with Crippen molar-refractivity contribution in [2.24, 2.45) is 0 Å². The highest BCUT2D eigenvalue weighted by Crippen LogP contribution is 2.20. The van der Waals surface area contributed by atoms with Crippen LogP contribution in [0, 0.1) is 6.92 Å². The van der Waals surface area contributed by atoms with Gasteiger partial charge in [-0.1, -0.05) is 0 Å². The Morgan fingerprint density at radius 3 is 2.94 bits per heavy atom. The molecule has 3 N–H and O–H groups in total. The van der Waals surface area contributed by atoms with Crippen LogP contribution in [0.5, 0.6) is 0 Å². The molecule has 0 aliphatic heterocycles. The number of nitrogens with zero attached hydrogens (tertiary/aromatic N) is 1. The van der Waals surface area contributed by atoms with Gasteiger partial charge in [0.2, 0.25) is 0 Å². The van der Waals surface area contributed by atoms with Crippen LogP contribution in [-0.4, -0.2) is 10.9 Å². The van der Waals surface area contributed by atoms with Gasteiger partial charge in [-0.3, -0.25) is 4.79 Å². The lowest BCUT2D eigenvalue weighted by Gasteiger charge is -2.05. The number of aryl methyl sites for hydroxylation is 1. The molecule has 4 nitrogen and oxygen atoms in total. The van der Waals surface area contributed by atoms with Crippen molar-refractivity contribution in [2.45, 2.75) is 13.5 Å². The van der Waals surface area contributed by atoms with E-state index in [4.69, 9.17) is 5.73 Å². The predicted octanol–water partition coefficient (Wildman–Crippen LogP) is 2.73. The summed E-state index contributed by atoms with van der Waals surface area (Å²) in [5.41, 5.74) is 6.84. The summed E-state index contributed by atoms with van der Waals surface area (Å²) in [5.74, 6) is -0.139. The molecule has 1 amide bonds. The fraction of sp³-hybridized carbons (Fsp3) is 0.167. The average molecular weight is 326 g/mol. The topological polar surface area (TPSA) is 68.0 Å². The van der Waals surface area contributed by atoms with Crippen LogP contribution < -0.4 is 11.1 Å². The molecule has 2 aromatic rings. The number of halogens is 1. The van der Waals surface area contributed by atoms with Crippen molar-refractivity contribution in [3.05, 3.63) is 44.3 Å². The van der Waals surface area contributed by atoms with E-state index in [2.05, 4.69) is 26.2 Å². The van der Waals surface area contributed by atoms with Gasteiger partial charge in [-0.15, -0.1) is 11.3 Å². The number of aromatic nitrogens is 1. The number of nitrogens with two attached hydrogens (primary N) is 1. The maximum absolute atomic E-state index is 11.9. The lowest BCUT2D eigenvalue weighted by Crippen LogP contribution is -2.22. The fourth-order valence-corrected chi connectivity index (χ4v) is 2.42. The number of carbonyl (C=O) groups is 1. The second-order valence-corrected chi connectivity index (χ2v) is 5.94. The number of rotatable bonds is 3. The summed E-state index contributed by atoms with van der Waals surface area (Å²) >= 11 is 4.87. The van der Waals surface area contributed by atoms with E-state index in [9.17, 15) is 4.79 Å². The number of carbonyl (C=O) groups excluding carboxylic acids is 1. The number of nitrogens with one attached hydrogen (secondary N) is 1. The normalized spacial score (nSPS) is 10.3. The molecule has 2 rings (SSSR count). The van der Waals surface area contributed by atoms with Gasteiger partial charge in [0, 0.05) is 26.8 Å². The maximum Gasteiger partial charge on any atom is 0.251 e. The molecule has 0 spiro atoms. The van der Waals surface area contributed by atoms with Crippen LogP contribution in [-0.2, 0) is 6.54 Å². The number of hydrogen-bond donors (Lipinski definition) is 2. The third-order valence-electron chi connectivity index (χ3n) is 2.35. The Hall–Kier alpha value is -1.40. The highest BCUT2D eigenvalue weighted by molar-refractivity contribution is 9.10. The Morgan fingerprint density at radius 2 is 2.33 bits per heavy atom. The zero-order chi connectivity index (χ0) is 13.1. The van der Waals surface area contributed by atoms with Gasteiger partial charge >= 0.3 is 0 Å². The summed E-state index contributed by atoms with van der Waals surface area (Å²) in [4.78, 5) is 17.1. The van der Waals surface area contributed by atoms with E-state index in [0.717, 1.165) is 14.4 Å². The first-order valence-corrected chi connectivity index (χ1v) is 6.92. The van der Waals surface area contributed by atoms with Crippen molar-refractivity contribution < 1.29 is 4.79 Å². The number of thiazole rings is 1. The molecule has 0 aliphatic carbocycles. The molecule has 6 heteroatoms. The minimum atomic E-state index is -0.139. The van der Waals surface area contributed by atoms with Crippen LogP contribution in [0.15, 0.2) is 28.9 Å². The summed E-state index contributed by atoms with van der Waals surface area (Å²) in [6.45, 7) is 2.42. The number of anilines is 1. The molecule has 1 aromatic heterocycles. The van der Waals surface area contributed by atoms with Gasteiger partial charge in [0.1, 0.15) is 0 Å². The quantitative estimate of drug-likeness (QED) is 0.852. The predicted molar refractivity (Wildman–Crippen MR) is 76.6 cm³/mol. The number of amides is 1. The molecular formula is C12H12BrN3OS. The van der Waals surface area contributed by atoms with Gasteiger partial charge in [0.05, 0.1) is 11.6 Å². The average Bonchev–Trinajstić information content (AvgIpc) is 2.75. The number of benzene rings is 1. The van der Waals surface area contributed by atoms with Crippen molar-refractivity contribution >= 4 is 38.9 Å². The summed E-state index contributed by atoms with van der Waals surface area (Å²) < 4.78 is 0.789. The number of hydrogen-bond acceptors (Lipinski definition) is 4. The van der Waals surface area contributed by atoms with Crippen molar-refractivity contribution in [1.29, 1.82) is 0 Å². The third kappa shape index (κ3) is 3.08. The summed E-state index contributed by atoms with van der Waals surface area (Å²) in [6, 6.07) is 5.14. The van der Waals surface area contributed by atoms with Gasteiger partial charge in [-0.25, -0.2) is 4.98 Å². The zero-order valence-electron chi connectivity index (χ0n) is 9.74. The minimum absolute atomic E-state index is 0.139. The van der Waals surface area contributed by atoms with Gasteiger partial charge in [-0.05, 0) is 41.1 Å². The van der Waals surface area contributed by atoms with Crippen LogP contribution in [0.4, 0.5) is 5.69 Å². The molecule has 0 saturated carbocycles. The van der Waals surface area contributed by atoms with Crippen molar-refractivity contribution in [3.8, 4) is 0 Å². The van der Waals surface area contributed by atoms with Crippen LogP contribution >= 0.6 is 27.3 Å². The van der Waals surface area contributed by atoms with E-state index < -0.39 is 0 Å². The van der Waals surface area contributed by atoms with Crippen LogP contribution in [0.1, 0.15) is 20.2 Å². The van der Waals surface area contributed by atoms with E-state index in [1.807, 2.05) is 6.92 Å². The smallest absolute Gasteiger partial charge is 0.251 e. The first kappa shape index (κ1) is 13.0. The largest absolute Gasteiger partial charge is 0.398 e. The van der Waals surface area contributed by atoms with E-state index in [1.165, 1.54) is 0 Å². The van der Waals surface area contributed by atoms with Crippen molar-refractivity contribution in [2.75, 3.05) is 5.73 Å². The Morgan fingerprint density at radius 1 is 1.56 bits per heavy atom. The van der Waals surface area contributed by atoms with E-state index in [1.54, 1.807) is 35.7 Å². The Bertz CT molecular complexity index is 582. The Balaban J connectivity index is 2.01. The zero-order valence-corrected chi connectivity index (χ0v) is 12.1. The molecule has 0 unspecified atom stereocenters. The molecule has 0 aliphatic rings. The maximum atomic E-state index is 11.9. The standard InChI is InChI=1S/C12H12BrN3OS/c1-7-15-5-9(18-7)6-16-12(17)8-2-3-10(13)11(14)4-8/h2-5H,6,14H2,1H3,(H,16,17). The van der Waals surface area contributed by atoms with Gasteiger partial charge in [-0.2, -0.15) is 0 Å². The molecule has 0 atom stereocenters. The molecule has 1 aromatic carbocycles. The summed E-state index contributed by atoms with van der Waals surface area (Å²) in [7, 11) is 0. The highest BCUT2D eigenvalue weighted by atomic mass is 79.9. The minimum Gasteiger partial charge on any atom is -0.398 e. The van der Waals surface area contributed by atoms with E-state index in [-0.39, 0.29) is 5.91 Å². The second-order valence-electron chi connectivity index (χ2n) is 3.76. The van der Waals surface area contributed by atoms with Crippen LogP contribution in [0.2, 0.25) is 0 Å². The van der Waals surface area contributed by atoms with Crippen molar-refractivity contribution in [3.63, 3.8) is 0 Å². The first-order valence-electron chi connectivity index (χ1n) is 5.31. The van der Waals surface area contributed by atoms with Gasteiger partial charge in [0.15, 0.2) is 0 Å². The van der Waals surface area contributed by atoms with Crippen LogP contribution in [0.25, 0.3) is 0 Å². The Labute approximate surface area is 117 Å². The monoisotopic (exact) mass is 325 g/mol. The Kier molecular flexibility index (Phi) is 3.98. The molecule has 1 heterocycles. The number of nitrogen functional groups attached to an aromatic ring is 1. The second kappa shape index (κ2) is 5.49. The SMILES string of the molecule is Cc1ncc(CNC(=O)c2ccc(Br)c(N)c2)s1. The lowest BCUT2D eigenvalue weighted by molar-refractivity contribution is 0.0951. The molecule has 18 heavy (non-hydrogen) atoms. The van der Waals surface area contributed by atoms with E-state index in [0.29, 0.717) is 17.8 Å². The molecular weight excluding hydrogens is 314 g/mol. The van der Waals surface area contributed by atoms with Crippen molar-refractivity contribution in [1.82, 2.24) is 10.3 Å². The molecule has 94 valence electrons. The van der Waals surface area contributed by atoms with Gasteiger partial charge < -0.3 is 11.1 Å². The first-order chi connectivity index (χ1) is 8.56. The molecule has 0 radical (unpaired) electrons. The van der Waals surface area contributed by atoms with Crippen LogP contribution in [0.3, 0.4) is 0 Å². The summed E-state index contributed by atoms with van der Waals surface area (Å²) in [6.07, 6.45) is 1.77. The third-order valence-corrected chi connectivity index (χ3v) is 3.99. The highest BCUT2D eigenvalue weighted by Gasteiger charge is 2.07. The molecule has 0 saturated heterocycles. The van der Waals surface area contributed by atoms with E-state index >= 15 is 0 Å².